The number of H-pyrrole nitrogens is 1. The summed E-state index contributed by atoms with van der Waals surface area (Å²) in [5.74, 6) is 0.489. The molecule has 2 aromatic carbocycles. The molecule has 2 aliphatic heterocycles. The van der Waals surface area contributed by atoms with Gasteiger partial charge in [-0.15, -0.1) is 0 Å². The lowest BCUT2D eigenvalue weighted by atomic mass is 9.86. The molecule has 0 unspecified atom stereocenters. The second-order valence-electron chi connectivity index (χ2n) is 9.35. The van der Waals surface area contributed by atoms with Crippen LogP contribution in [0.15, 0.2) is 48.7 Å². The zero-order valence-corrected chi connectivity index (χ0v) is 20.1. The molecule has 5 rings (SSSR count). The molecule has 0 saturated carbocycles. The highest BCUT2D eigenvalue weighted by Gasteiger charge is 2.34. The molecule has 2 fully saturated rings. The van der Waals surface area contributed by atoms with Crippen LogP contribution in [0.3, 0.4) is 0 Å². The SMILES string of the molecule is O=C(CC[C@H]1CN(Cc2ccccc2Cl)CC[C@H]1N1CCOCC1)Nc1ccc2[nH]ncc2c1. The van der Waals surface area contributed by atoms with E-state index in [1.807, 2.05) is 36.4 Å². The molecular formula is C26H32ClN5O2. The van der Waals surface area contributed by atoms with Crippen LogP contribution in [0.1, 0.15) is 24.8 Å². The van der Waals surface area contributed by atoms with Crippen LogP contribution in [-0.2, 0) is 16.1 Å². The molecule has 2 atom stereocenters. The van der Waals surface area contributed by atoms with Gasteiger partial charge in [-0.2, -0.15) is 5.10 Å². The number of hydrogen-bond donors (Lipinski definition) is 2. The average molecular weight is 482 g/mol. The lowest BCUT2D eigenvalue weighted by Crippen LogP contribution is -2.53. The number of carbonyl (C=O) groups is 1. The highest BCUT2D eigenvalue weighted by atomic mass is 35.5. The molecule has 8 heteroatoms. The van der Waals surface area contributed by atoms with Crippen LogP contribution in [-0.4, -0.2) is 71.3 Å². The predicted octanol–water partition coefficient (Wildman–Crippen LogP) is 4.16. The van der Waals surface area contributed by atoms with Gasteiger partial charge in [0.1, 0.15) is 0 Å². The number of nitrogens with zero attached hydrogens (tertiary/aromatic N) is 3. The van der Waals surface area contributed by atoms with Crippen LogP contribution >= 0.6 is 11.6 Å². The van der Waals surface area contributed by atoms with Crippen LogP contribution in [0.4, 0.5) is 5.69 Å². The first-order valence-electron chi connectivity index (χ1n) is 12.2. The van der Waals surface area contributed by atoms with Crippen molar-refractivity contribution in [1.82, 2.24) is 20.0 Å². The number of aromatic nitrogens is 2. The number of carbonyl (C=O) groups excluding carboxylic acids is 1. The Labute approximate surface area is 205 Å². The monoisotopic (exact) mass is 481 g/mol. The van der Waals surface area contributed by atoms with Gasteiger partial charge in [0.05, 0.1) is 24.9 Å². The molecule has 34 heavy (non-hydrogen) atoms. The van der Waals surface area contributed by atoms with E-state index in [9.17, 15) is 4.79 Å². The molecule has 3 aromatic rings. The molecule has 0 bridgehead atoms. The van der Waals surface area contributed by atoms with E-state index in [2.05, 4.69) is 31.4 Å². The molecule has 0 radical (unpaired) electrons. The Morgan fingerprint density at radius 3 is 2.88 bits per heavy atom. The number of fused-ring (bicyclic) bond motifs is 1. The maximum atomic E-state index is 12.8. The van der Waals surface area contributed by atoms with E-state index < -0.39 is 0 Å². The van der Waals surface area contributed by atoms with Crippen molar-refractivity contribution >= 4 is 34.1 Å². The van der Waals surface area contributed by atoms with Crippen molar-refractivity contribution in [3.8, 4) is 0 Å². The minimum atomic E-state index is 0.0619. The van der Waals surface area contributed by atoms with E-state index in [1.165, 1.54) is 5.56 Å². The number of benzene rings is 2. The number of morpholine rings is 1. The first-order valence-corrected chi connectivity index (χ1v) is 12.5. The van der Waals surface area contributed by atoms with Crippen LogP contribution in [0.25, 0.3) is 10.9 Å². The Hall–Kier alpha value is -2.45. The largest absolute Gasteiger partial charge is 0.379 e. The van der Waals surface area contributed by atoms with Crippen molar-refractivity contribution in [2.24, 2.45) is 5.92 Å². The lowest BCUT2D eigenvalue weighted by molar-refractivity contribution is -0.116. The summed E-state index contributed by atoms with van der Waals surface area (Å²) in [7, 11) is 0. The molecular weight excluding hydrogens is 450 g/mol. The smallest absolute Gasteiger partial charge is 0.224 e. The average Bonchev–Trinajstić information content (AvgIpc) is 3.33. The number of hydrogen-bond acceptors (Lipinski definition) is 5. The molecule has 7 nitrogen and oxygen atoms in total. The maximum absolute atomic E-state index is 12.8. The Bertz CT molecular complexity index is 1110. The Morgan fingerprint density at radius 2 is 2.03 bits per heavy atom. The van der Waals surface area contributed by atoms with E-state index in [0.29, 0.717) is 18.4 Å². The number of aromatic amines is 1. The van der Waals surface area contributed by atoms with Crippen molar-refractivity contribution < 1.29 is 9.53 Å². The first-order chi connectivity index (χ1) is 16.7. The quantitative estimate of drug-likeness (QED) is 0.530. The standard InChI is InChI=1S/C26H32ClN5O2/c27-23-4-2-1-3-19(23)17-31-10-9-25(32-11-13-34-14-12-32)20(18-31)5-8-26(33)29-22-6-7-24-21(15-22)16-28-30-24/h1-4,6-7,15-16,20,25H,5,8-14,17-18H2,(H,28,30)(H,29,33)/t20-,25+/m0/s1. The van der Waals surface area contributed by atoms with Gasteiger partial charge >= 0.3 is 0 Å². The third-order valence-electron chi connectivity index (χ3n) is 7.11. The molecule has 2 N–H and O–H groups in total. The highest BCUT2D eigenvalue weighted by Crippen LogP contribution is 2.29. The molecule has 0 aliphatic carbocycles. The van der Waals surface area contributed by atoms with E-state index in [0.717, 1.165) is 80.4 Å². The summed E-state index contributed by atoms with van der Waals surface area (Å²) >= 11 is 6.43. The number of nitrogens with one attached hydrogen (secondary N) is 2. The summed E-state index contributed by atoms with van der Waals surface area (Å²) in [6, 6.07) is 14.4. The second-order valence-corrected chi connectivity index (χ2v) is 9.76. The fourth-order valence-corrected chi connectivity index (χ4v) is 5.54. The number of piperidine rings is 1. The second kappa shape index (κ2) is 10.9. The Morgan fingerprint density at radius 1 is 1.18 bits per heavy atom. The minimum Gasteiger partial charge on any atom is -0.379 e. The summed E-state index contributed by atoms with van der Waals surface area (Å²) in [4.78, 5) is 17.9. The number of halogens is 1. The van der Waals surface area contributed by atoms with Crippen molar-refractivity contribution in [1.29, 1.82) is 0 Å². The summed E-state index contributed by atoms with van der Waals surface area (Å²) in [5.41, 5.74) is 2.94. The van der Waals surface area contributed by atoms with Gasteiger partial charge in [-0.25, -0.2) is 0 Å². The van der Waals surface area contributed by atoms with Crippen molar-refractivity contribution in [3.63, 3.8) is 0 Å². The molecule has 3 heterocycles. The molecule has 2 saturated heterocycles. The zero-order chi connectivity index (χ0) is 23.3. The number of amides is 1. The number of likely N-dealkylation sites (tertiary alicyclic amines) is 1. The molecule has 1 amide bonds. The van der Waals surface area contributed by atoms with E-state index >= 15 is 0 Å². The first kappa shape index (κ1) is 23.3. The predicted molar refractivity (Wildman–Crippen MR) is 135 cm³/mol. The van der Waals surface area contributed by atoms with Crippen molar-refractivity contribution in [2.75, 3.05) is 44.7 Å². The fourth-order valence-electron chi connectivity index (χ4n) is 5.34. The normalized spacial score (nSPS) is 22.1. The van der Waals surface area contributed by atoms with Gasteiger partial charge in [0.15, 0.2) is 0 Å². The van der Waals surface area contributed by atoms with Crippen LogP contribution in [0.2, 0.25) is 5.02 Å². The number of ether oxygens (including phenoxy) is 1. The number of anilines is 1. The van der Waals surface area contributed by atoms with Crippen molar-refractivity contribution in [2.45, 2.75) is 31.8 Å². The zero-order valence-electron chi connectivity index (χ0n) is 19.4. The van der Waals surface area contributed by atoms with Gasteiger partial charge in [0, 0.05) is 54.7 Å². The van der Waals surface area contributed by atoms with Gasteiger partial charge in [0.2, 0.25) is 5.91 Å². The van der Waals surface area contributed by atoms with Gasteiger partial charge in [-0.05, 0) is 55.1 Å². The molecule has 2 aliphatic rings. The van der Waals surface area contributed by atoms with Crippen LogP contribution in [0, 0.1) is 5.92 Å². The van der Waals surface area contributed by atoms with Gasteiger partial charge in [-0.3, -0.25) is 19.7 Å². The highest BCUT2D eigenvalue weighted by molar-refractivity contribution is 6.31. The van der Waals surface area contributed by atoms with E-state index in [-0.39, 0.29) is 5.91 Å². The third-order valence-corrected chi connectivity index (χ3v) is 7.48. The van der Waals surface area contributed by atoms with Crippen molar-refractivity contribution in [3.05, 3.63) is 59.2 Å². The minimum absolute atomic E-state index is 0.0619. The maximum Gasteiger partial charge on any atom is 0.224 e. The molecule has 0 spiro atoms. The Kier molecular flexibility index (Phi) is 7.45. The van der Waals surface area contributed by atoms with E-state index in [1.54, 1.807) is 6.20 Å². The fraction of sp³-hybridized carbons (Fsp3) is 0.462. The topological polar surface area (TPSA) is 73.5 Å². The summed E-state index contributed by atoms with van der Waals surface area (Å²) in [5, 5.41) is 11.9. The van der Waals surface area contributed by atoms with Crippen LogP contribution < -0.4 is 5.32 Å². The van der Waals surface area contributed by atoms with Gasteiger partial charge in [0.25, 0.3) is 0 Å². The summed E-state index contributed by atoms with van der Waals surface area (Å²) in [6.45, 7) is 6.41. The molecule has 1 aromatic heterocycles. The summed E-state index contributed by atoms with van der Waals surface area (Å²) in [6.07, 6.45) is 4.25. The lowest BCUT2D eigenvalue weighted by Gasteiger charge is -2.45. The van der Waals surface area contributed by atoms with Gasteiger partial charge < -0.3 is 10.1 Å². The Balaban J connectivity index is 1.22. The third kappa shape index (κ3) is 5.61. The summed E-state index contributed by atoms with van der Waals surface area (Å²) < 4.78 is 5.59. The number of rotatable bonds is 7. The van der Waals surface area contributed by atoms with Gasteiger partial charge in [-0.1, -0.05) is 29.8 Å². The molecule has 180 valence electrons. The van der Waals surface area contributed by atoms with Crippen LogP contribution in [0.5, 0.6) is 0 Å². The van der Waals surface area contributed by atoms with E-state index in [4.69, 9.17) is 16.3 Å².